The maximum absolute atomic E-state index is 13.0. The topological polar surface area (TPSA) is 145 Å². The number of aliphatic hydroxyl groups is 3. The van der Waals surface area contributed by atoms with Crippen LogP contribution in [0.15, 0.2) is 42.0 Å². The number of fused-ring (bicyclic) bond motifs is 7. The standard InChI is InChI=1S/C39H54O8/c1-23-15-18-39(33(44)45)20-19-36(4)26(31(39)38(23,6)46)12-13-29-34(2)21-27(41)32(43)35(3,28(34)16-17-37(29,36)5)22-47-30(42)14-9-24-7-10-25(40)11-8-24/h7-12,14,23,27-29,31-32,40-41,43,46H,13,15-22H2,1-6H3,(H,44,45)/b14-9+/t23-,27-,28-,29-,31-,32+,34+,35+,36-,37-,38-,39+/m1/s1. The third-order valence-electron chi connectivity index (χ3n) is 15.1. The number of carboxylic acid groups (broad SMARTS) is 1. The molecule has 1 aromatic rings. The largest absolute Gasteiger partial charge is 0.508 e. The van der Waals surface area contributed by atoms with E-state index < -0.39 is 46.5 Å². The molecule has 4 fully saturated rings. The van der Waals surface area contributed by atoms with Crippen LogP contribution < -0.4 is 0 Å². The fraction of sp³-hybridized carbons (Fsp3) is 0.692. The number of aromatic hydroxyl groups is 1. The maximum Gasteiger partial charge on any atom is 0.330 e. The van der Waals surface area contributed by atoms with E-state index in [1.165, 1.54) is 6.08 Å². The molecule has 0 aliphatic heterocycles. The molecule has 8 heteroatoms. The number of benzene rings is 1. The molecule has 0 spiro atoms. The quantitative estimate of drug-likeness (QED) is 0.146. The van der Waals surface area contributed by atoms with Gasteiger partial charge in [0.05, 0.1) is 29.8 Å². The molecule has 12 atom stereocenters. The van der Waals surface area contributed by atoms with E-state index in [-0.39, 0.29) is 46.4 Å². The van der Waals surface area contributed by atoms with Gasteiger partial charge in [0.25, 0.3) is 0 Å². The van der Waals surface area contributed by atoms with Crippen LogP contribution in [0.4, 0.5) is 0 Å². The van der Waals surface area contributed by atoms with Gasteiger partial charge in [-0.2, -0.15) is 0 Å². The summed E-state index contributed by atoms with van der Waals surface area (Å²) in [5.74, 6) is -1.57. The van der Waals surface area contributed by atoms with Crippen molar-refractivity contribution in [1.82, 2.24) is 0 Å². The van der Waals surface area contributed by atoms with Crippen LogP contribution in [-0.4, -0.2) is 61.9 Å². The van der Waals surface area contributed by atoms with Gasteiger partial charge in [-0.25, -0.2) is 4.79 Å². The number of carboxylic acids is 1. The summed E-state index contributed by atoms with van der Waals surface area (Å²) in [4.78, 5) is 25.9. The number of phenols is 1. The molecule has 8 nitrogen and oxygen atoms in total. The molecule has 6 rings (SSSR count). The fourth-order valence-corrected chi connectivity index (χ4v) is 12.0. The lowest BCUT2D eigenvalue weighted by molar-refractivity contribution is -0.248. The Morgan fingerprint density at radius 3 is 2.30 bits per heavy atom. The highest BCUT2D eigenvalue weighted by atomic mass is 16.5. The monoisotopic (exact) mass is 650 g/mol. The Labute approximate surface area is 278 Å². The zero-order chi connectivity index (χ0) is 34.4. The minimum Gasteiger partial charge on any atom is -0.508 e. The molecule has 5 aliphatic carbocycles. The van der Waals surface area contributed by atoms with Crippen molar-refractivity contribution in [2.24, 2.45) is 50.7 Å². The number of aliphatic hydroxyl groups excluding tert-OH is 2. The van der Waals surface area contributed by atoms with Crippen LogP contribution >= 0.6 is 0 Å². The Hall–Kier alpha value is -2.68. The third-order valence-corrected chi connectivity index (χ3v) is 15.1. The molecule has 0 amide bonds. The second kappa shape index (κ2) is 11.2. The van der Waals surface area contributed by atoms with E-state index in [2.05, 4.69) is 26.8 Å². The first-order chi connectivity index (χ1) is 21.9. The molecule has 0 aromatic heterocycles. The van der Waals surface area contributed by atoms with Crippen molar-refractivity contribution in [3.8, 4) is 5.75 Å². The van der Waals surface area contributed by atoms with Crippen molar-refractivity contribution in [1.29, 1.82) is 0 Å². The minimum atomic E-state index is -1.14. The van der Waals surface area contributed by atoms with Crippen LogP contribution in [0, 0.1) is 50.7 Å². The Morgan fingerprint density at radius 1 is 0.957 bits per heavy atom. The number of hydrogen-bond acceptors (Lipinski definition) is 7. The Balaban J connectivity index is 1.32. The number of carbonyl (C=O) groups is 2. The lowest BCUT2D eigenvalue weighted by Crippen LogP contribution is -2.69. The summed E-state index contributed by atoms with van der Waals surface area (Å²) >= 11 is 0. The zero-order valence-corrected chi connectivity index (χ0v) is 28.8. The highest BCUT2D eigenvalue weighted by Crippen LogP contribution is 2.76. The molecule has 1 aromatic carbocycles. The summed E-state index contributed by atoms with van der Waals surface area (Å²) in [5, 5.41) is 55.2. The second-order valence-corrected chi connectivity index (χ2v) is 17.1. The lowest BCUT2D eigenvalue weighted by Gasteiger charge is -2.72. The molecular formula is C39H54O8. The molecule has 0 radical (unpaired) electrons. The summed E-state index contributed by atoms with van der Waals surface area (Å²) in [6.07, 6.45) is 8.45. The van der Waals surface area contributed by atoms with Gasteiger partial charge in [0.1, 0.15) is 5.75 Å². The van der Waals surface area contributed by atoms with E-state index >= 15 is 0 Å². The van der Waals surface area contributed by atoms with Crippen LogP contribution in [0.5, 0.6) is 5.75 Å². The predicted octanol–water partition coefficient (Wildman–Crippen LogP) is 6.12. The fourth-order valence-electron chi connectivity index (χ4n) is 12.0. The van der Waals surface area contributed by atoms with Crippen LogP contribution in [0.1, 0.15) is 98.5 Å². The first kappa shape index (κ1) is 34.2. The molecule has 0 saturated heterocycles. The van der Waals surface area contributed by atoms with Crippen molar-refractivity contribution in [3.05, 3.63) is 47.6 Å². The van der Waals surface area contributed by atoms with Gasteiger partial charge in [0.2, 0.25) is 0 Å². The van der Waals surface area contributed by atoms with E-state index in [4.69, 9.17) is 4.74 Å². The van der Waals surface area contributed by atoms with E-state index in [0.29, 0.717) is 32.1 Å². The molecule has 0 heterocycles. The second-order valence-electron chi connectivity index (χ2n) is 17.1. The third kappa shape index (κ3) is 4.79. The van der Waals surface area contributed by atoms with Gasteiger partial charge in [0, 0.05) is 17.4 Å². The first-order valence-electron chi connectivity index (χ1n) is 17.5. The summed E-state index contributed by atoms with van der Waals surface area (Å²) in [6.45, 7) is 12.7. The molecule has 5 aliphatic rings. The maximum atomic E-state index is 13.0. The molecule has 5 N–H and O–H groups in total. The highest BCUT2D eigenvalue weighted by Gasteiger charge is 2.72. The van der Waals surface area contributed by atoms with Crippen LogP contribution in [-0.2, 0) is 14.3 Å². The number of allylic oxidation sites excluding steroid dienone is 1. The number of esters is 1. The highest BCUT2D eigenvalue weighted by molar-refractivity contribution is 5.87. The number of hydrogen-bond donors (Lipinski definition) is 5. The zero-order valence-electron chi connectivity index (χ0n) is 28.8. The normalized spacial score (nSPS) is 47.6. The van der Waals surface area contributed by atoms with Gasteiger partial charge in [-0.05, 0) is 116 Å². The summed E-state index contributed by atoms with van der Waals surface area (Å²) in [5.41, 5.74) is -2.10. The number of aliphatic carboxylic acids is 1. The lowest BCUT2D eigenvalue weighted by atomic mass is 9.33. The first-order valence-corrected chi connectivity index (χ1v) is 17.5. The van der Waals surface area contributed by atoms with Crippen LogP contribution in [0.3, 0.4) is 0 Å². The van der Waals surface area contributed by atoms with Gasteiger partial charge >= 0.3 is 11.9 Å². The number of carbonyl (C=O) groups excluding carboxylic acids is 1. The van der Waals surface area contributed by atoms with Crippen molar-refractivity contribution in [2.75, 3.05) is 6.61 Å². The van der Waals surface area contributed by atoms with Gasteiger partial charge in [-0.1, -0.05) is 58.4 Å². The molecule has 0 bridgehead atoms. The summed E-state index contributed by atoms with van der Waals surface area (Å²) < 4.78 is 5.79. The Kier molecular flexibility index (Phi) is 8.13. The van der Waals surface area contributed by atoms with Crippen LogP contribution in [0.2, 0.25) is 0 Å². The summed E-state index contributed by atoms with van der Waals surface area (Å²) in [6, 6.07) is 6.48. The molecular weight excluding hydrogens is 596 g/mol. The summed E-state index contributed by atoms with van der Waals surface area (Å²) in [7, 11) is 0. The minimum absolute atomic E-state index is 0.0173. The van der Waals surface area contributed by atoms with E-state index in [0.717, 1.165) is 30.4 Å². The van der Waals surface area contributed by atoms with Crippen molar-refractivity contribution in [2.45, 2.75) is 111 Å². The average molecular weight is 651 g/mol. The van der Waals surface area contributed by atoms with Crippen molar-refractivity contribution in [3.63, 3.8) is 0 Å². The van der Waals surface area contributed by atoms with Crippen molar-refractivity contribution < 1.29 is 39.9 Å². The average Bonchev–Trinajstić information content (AvgIpc) is 3.00. The number of phenolic OH excluding ortho intramolecular Hbond substituents is 1. The number of ether oxygens (including phenoxy) is 1. The Morgan fingerprint density at radius 2 is 1.64 bits per heavy atom. The molecule has 0 unspecified atom stereocenters. The van der Waals surface area contributed by atoms with Crippen LogP contribution in [0.25, 0.3) is 6.08 Å². The SMILES string of the molecule is C[C@@H]1CC[C@]2(C(=O)O)CC[C@]3(C)C(=CC[C@@H]4[C@@]5(C)C[C@@H](O)[C@H](O)[C@@](C)(COC(=O)/C=C/c6ccc(O)cc6)[C@@H]5CC[C@]43C)[C@@H]2[C@]1(C)O. The predicted molar refractivity (Wildman–Crippen MR) is 178 cm³/mol. The molecule has 258 valence electrons. The molecule has 47 heavy (non-hydrogen) atoms. The van der Waals surface area contributed by atoms with E-state index in [1.807, 2.05) is 20.8 Å². The van der Waals surface area contributed by atoms with E-state index in [1.54, 1.807) is 30.3 Å². The van der Waals surface area contributed by atoms with Gasteiger partial charge in [0.15, 0.2) is 0 Å². The Bertz CT molecular complexity index is 1480. The van der Waals surface area contributed by atoms with Crippen molar-refractivity contribution >= 4 is 18.0 Å². The van der Waals surface area contributed by atoms with Gasteiger partial charge in [-0.3, -0.25) is 4.79 Å². The van der Waals surface area contributed by atoms with Gasteiger partial charge in [-0.15, -0.1) is 0 Å². The number of rotatable bonds is 5. The molecule has 4 saturated carbocycles. The smallest absolute Gasteiger partial charge is 0.330 e. The van der Waals surface area contributed by atoms with Gasteiger partial charge < -0.3 is 30.3 Å². The van der Waals surface area contributed by atoms with E-state index in [9.17, 15) is 35.1 Å².